The summed E-state index contributed by atoms with van der Waals surface area (Å²) in [6.07, 6.45) is 3.89. The van der Waals surface area contributed by atoms with E-state index in [1.165, 1.54) is 11.8 Å². The van der Waals surface area contributed by atoms with Gasteiger partial charge in [-0.2, -0.15) is 0 Å². The molecule has 0 radical (unpaired) electrons. The summed E-state index contributed by atoms with van der Waals surface area (Å²) in [4.78, 5) is 24.9. The van der Waals surface area contributed by atoms with Crippen LogP contribution in [0.4, 0.5) is 5.69 Å². The van der Waals surface area contributed by atoms with E-state index in [-0.39, 0.29) is 24.1 Å². The molecule has 0 aliphatic heterocycles. The summed E-state index contributed by atoms with van der Waals surface area (Å²) >= 11 is 1.38. The van der Waals surface area contributed by atoms with Crippen LogP contribution in [-0.2, 0) is 4.79 Å². The predicted octanol–water partition coefficient (Wildman–Crippen LogP) is 5.03. The summed E-state index contributed by atoms with van der Waals surface area (Å²) in [5, 5.41) is 3.70. The maximum Gasteiger partial charge on any atom is 0.234 e. The molecule has 5 aromatic rings. The zero-order valence-electron chi connectivity index (χ0n) is 15.8. The average molecular weight is 436 g/mol. The van der Waals surface area contributed by atoms with Crippen molar-refractivity contribution in [3.8, 4) is 11.3 Å². The van der Waals surface area contributed by atoms with Crippen LogP contribution in [0, 0.1) is 0 Å². The Hall–Kier alpha value is -3.29. The second kappa shape index (κ2) is 8.61. The number of thioether (sulfide) groups is 1. The second-order valence-electron chi connectivity index (χ2n) is 6.54. The first-order chi connectivity index (χ1) is 14.3. The molecule has 3 aromatic heterocycles. The lowest BCUT2D eigenvalue weighted by molar-refractivity contribution is -0.113. The number of carbonyl (C=O) groups excluding carboxylic acids is 1. The number of imidazole rings is 2. The van der Waals surface area contributed by atoms with E-state index in [2.05, 4.69) is 15.3 Å². The van der Waals surface area contributed by atoms with Gasteiger partial charge in [0.2, 0.25) is 5.91 Å². The molecule has 0 aliphatic carbocycles. The number of amides is 1. The number of aromatic amines is 1. The first kappa shape index (κ1) is 20.0. The van der Waals surface area contributed by atoms with Crippen molar-refractivity contribution in [3.05, 3.63) is 79.1 Å². The summed E-state index contributed by atoms with van der Waals surface area (Å²) in [5.41, 5.74) is 5.16. The van der Waals surface area contributed by atoms with Crippen molar-refractivity contribution >= 4 is 52.4 Å². The van der Waals surface area contributed by atoms with E-state index in [0.717, 1.165) is 27.4 Å². The summed E-state index contributed by atoms with van der Waals surface area (Å²) in [6.45, 7) is 0. The predicted molar refractivity (Wildman–Crippen MR) is 123 cm³/mol. The molecule has 150 valence electrons. The van der Waals surface area contributed by atoms with Crippen LogP contribution >= 0.6 is 24.2 Å². The SMILES string of the molecule is Cl.O=C(CSc1nc2ccccc2[nH]1)Nc1cccn2cc(-c3ccccc3)nc12. The van der Waals surface area contributed by atoms with Gasteiger partial charge in [-0.05, 0) is 24.3 Å². The molecule has 0 fully saturated rings. The third-order valence-corrected chi connectivity index (χ3v) is 5.41. The second-order valence-corrected chi connectivity index (χ2v) is 7.50. The Morgan fingerprint density at radius 1 is 1.00 bits per heavy atom. The molecule has 0 atom stereocenters. The molecule has 6 nitrogen and oxygen atoms in total. The van der Waals surface area contributed by atoms with Gasteiger partial charge >= 0.3 is 0 Å². The lowest BCUT2D eigenvalue weighted by Gasteiger charge is -2.05. The van der Waals surface area contributed by atoms with E-state index >= 15 is 0 Å². The number of carbonyl (C=O) groups is 1. The van der Waals surface area contributed by atoms with E-state index in [9.17, 15) is 4.79 Å². The number of nitrogens with one attached hydrogen (secondary N) is 2. The average Bonchev–Trinajstić information content (AvgIpc) is 3.37. The minimum Gasteiger partial charge on any atom is -0.333 e. The molecule has 0 bridgehead atoms. The molecule has 0 saturated carbocycles. The standard InChI is InChI=1S/C22H17N5OS.ClH/c28-20(14-29-22-25-16-9-4-5-10-17(16)26-22)23-18-11-6-12-27-13-19(24-21(18)27)15-7-2-1-3-8-15;/h1-13H,14H2,(H,23,28)(H,25,26);1H. The molecule has 0 unspecified atom stereocenters. The first-order valence-corrected chi connectivity index (χ1v) is 10.2. The Bertz CT molecular complexity index is 1280. The van der Waals surface area contributed by atoms with Crippen molar-refractivity contribution in [2.45, 2.75) is 5.16 Å². The van der Waals surface area contributed by atoms with Crippen LogP contribution in [0.5, 0.6) is 0 Å². The lowest BCUT2D eigenvalue weighted by Crippen LogP contribution is -2.14. The summed E-state index contributed by atoms with van der Waals surface area (Å²) < 4.78 is 1.92. The van der Waals surface area contributed by atoms with Crippen LogP contribution in [0.3, 0.4) is 0 Å². The third kappa shape index (κ3) is 4.03. The van der Waals surface area contributed by atoms with Gasteiger partial charge in [0.1, 0.15) is 0 Å². The molecular formula is C22H18ClN5OS. The van der Waals surface area contributed by atoms with Gasteiger partial charge in [-0.25, -0.2) is 9.97 Å². The fourth-order valence-electron chi connectivity index (χ4n) is 3.18. The van der Waals surface area contributed by atoms with E-state index in [1.54, 1.807) is 0 Å². The molecule has 0 saturated heterocycles. The highest BCUT2D eigenvalue weighted by atomic mass is 35.5. The molecular weight excluding hydrogens is 418 g/mol. The molecule has 30 heavy (non-hydrogen) atoms. The lowest BCUT2D eigenvalue weighted by atomic mass is 10.2. The fourth-order valence-corrected chi connectivity index (χ4v) is 3.86. The van der Waals surface area contributed by atoms with E-state index < -0.39 is 0 Å². The van der Waals surface area contributed by atoms with Gasteiger partial charge in [-0.3, -0.25) is 4.79 Å². The number of fused-ring (bicyclic) bond motifs is 2. The smallest absolute Gasteiger partial charge is 0.234 e. The molecule has 1 amide bonds. The highest BCUT2D eigenvalue weighted by Crippen LogP contribution is 2.24. The number of nitrogens with zero attached hydrogens (tertiary/aromatic N) is 3. The van der Waals surface area contributed by atoms with Crippen LogP contribution < -0.4 is 5.32 Å². The van der Waals surface area contributed by atoms with Gasteiger partial charge in [-0.15, -0.1) is 12.4 Å². The van der Waals surface area contributed by atoms with Crippen LogP contribution in [0.15, 0.2) is 84.3 Å². The Kier molecular flexibility index (Phi) is 5.74. The number of halogens is 1. The van der Waals surface area contributed by atoms with Crippen molar-refractivity contribution in [1.82, 2.24) is 19.4 Å². The zero-order chi connectivity index (χ0) is 19.6. The van der Waals surface area contributed by atoms with Gasteiger partial charge < -0.3 is 14.7 Å². The Balaban J connectivity index is 0.00000218. The molecule has 0 aliphatic rings. The van der Waals surface area contributed by atoms with E-state index in [1.807, 2.05) is 83.5 Å². The molecule has 5 rings (SSSR count). The third-order valence-electron chi connectivity index (χ3n) is 4.53. The van der Waals surface area contributed by atoms with Crippen molar-refractivity contribution in [2.75, 3.05) is 11.1 Å². The van der Waals surface area contributed by atoms with Gasteiger partial charge in [0, 0.05) is 18.0 Å². The largest absolute Gasteiger partial charge is 0.333 e. The Morgan fingerprint density at radius 3 is 2.63 bits per heavy atom. The van der Waals surface area contributed by atoms with Gasteiger partial charge in [0.15, 0.2) is 10.8 Å². The van der Waals surface area contributed by atoms with Crippen LogP contribution in [0.1, 0.15) is 0 Å². The van der Waals surface area contributed by atoms with Crippen molar-refractivity contribution < 1.29 is 4.79 Å². The number of rotatable bonds is 5. The highest BCUT2D eigenvalue weighted by molar-refractivity contribution is 7.99. The first-order valence-electron chi connectivity index (χ1n) is 9.17. The molecule has 0 spiro atoms. The Morgan fingerprint density at radius 2 is 1.80 bits per heavy atom. The molecule has 3 heterocycles. The minimum absolute atomic E-state index is 0. The number of hydrogen-bond acceptors (Lipinski definition) is 4. The van der Waals surface area contributed by atoms with Crippen LogP contribution in [0.2, 0.25) is 0 Å². The van der Waals surface area contributed by atoms with Crippen molar-refractivity contribution in [3.63, 3.8) is 0 Å². The highest BCUT2D eigenvalue weighted by Gasteiger charge is 2.12. The zero-order valence-corrected chi connectivity index (χ0v) is 17.4. The van der Waals surface area contributed by atoms with Crippen LogP contribution in [-0.4, -0.2) is 31.0 Å². The fraction of sp³-hybridized carbons (Fsp3) is 0.0455. The Labute approximate surface area is 183 Å². The van der Waals surface area contributed by atoms with Gasteiger partial charge in [-0.1, -0.05) is 54.2 Å². The topological polar surface area (TPSA) is 75.1 Å². The minimum atomic E-state index is -0.104. The maximum atomic E-state index is 12.5. The molecule has 2 N–H and O–H groups in total. The summed E-state index contributed by atoms with van der Waals surface area (Å²) in [5.74, 6) is 0.153. The van der Waals surface area contributed by atoms with E-state index in [4.69, 9.17) is 4.98 Å². The number of pyridine rings is 1. The monoisotopic (exact) mass is 435 g/mol. The van der Waals surface area contributed by atoms with E-state index in [0.29, 0.717) is 11.3 Å². The summed E-state index contributed by atoms with van der Waals surface area (Å²) in [7, 11) is 0. The number of H-pyrrole nitrogens is 1. The van der Waals surface area contributed by atoms with Crippen molar-refractivity contribution in [2.24, 2.45) is 0 Å². The quantitative estimate of drug-likeness (QED) is 0.379. The van der Waals surface area contributed by atoms with Crippen molar-refractivity contribution in [1.29, 1.82) is 0 Å². The van der Waals surface area contributed by atoms with Crippen LogP contribution in [0.25, 0.3) is 27.9 Å². The summed E-state index contributed by atoms with van der Waals surface area (Å²) in [6, 6.07) is 21.5. The molecule has 8 heteroatoms. The maximum absolute atomic E-state index is 12.5. The van der Waals surface area contributed by atoms with Gasteiger partial charge in [0.05, 0.1) is 28.2 Å². The van der Waals surface area contributed by atoms with Gasteiger partial charge in [0.25, 0.3) is 0 Å². The molecule has 2 aromatic carbocycles. The number of para-hydroxylation sites is 2. The number of benzene rings is 2. The number of anilines is 1. The number of aromatic nitrogens is 4. The number of hydrogen-bond donors (Lipinski definition) is 2. The normalized spacial score (nSPS) is 10.8.